The molecule has 6 N–H and O–H groups in total. The molecule has 0 aliphatic carbocycles. The largest absolute Gasteiger partial charge is 1.00 e. The molecule has 0 bridgehead atoms. The second-order valence-corrected chi connectivity index (χ2v) is 30.9. The van der Waals surface area contributed by atoms with Crippen LogP contribution in [0, 0.1) is 71.0 Å². The fraction of sp³-hybridized carbons (Fsp3) is 0.776. The molecule has 0 saturated carbocycles. The van der Waals surface area contributed by atoms with Crippen molar-refractivity contribution in [2.45, 2.75) is 361 Å². The van der Waals surface area contributed by atoms with E-state index in [9.17, 15) is 52.5 Å². The number of esters is 2. The molecule has 0 rings (SSSR count). The van der Waals surface area contributed by atoms with E-state index in [1.54, 1.807) is 6.92 Å². The van der Waals surface area contributed by atoms with Gasteiger partial charge < -0.3 is 52.9 Å². The van der Waals surface area contributed by atoms with Crippen LogP contribution in [0.3, 0.4) is 0 Å². The second kappa shape index (κ2) is 82.1. The summed E-state index contributed by atoms with van der Waals surface area (Å²) in [5.74, 6) is 27.2. The summed E-state index contributed by atoms with van der Waals surface area (Å²) in [5.41, 5.74) is 0. The van der Waals surface area contributed by atoms with Crippen molar-refractivity contribution < 1.29 is 166 Å². The number of carbonyl (C=O) groups excluding carboxylic acids is 7. The zero-order valence-electron chi connectivity index (χ0n) is 72.1. The first-order chi connectivity index (χ1) is 53.3. The van der Waals surface area contributed by atoms with Gasteiger partial charge in [-0.15, -0.1) is 0 Å². The van der Waals surface area contributed by atoms with Gasteiger partial charge in [-0.05, 0) is 111 Å². The Morgan fingerprint density at radius 3 is 1.04 bits per heavy atom. The van der Waals surface area contributed by atoms with Crippen LogP contribution in [-0.2, 0) is 74.9 Å². The number of ether oxygens (including phenoxy) is 4. The van der Waals surface area contributed by atoms with Crippen molar-refractivity contribution >= 4 is 57.0 Å². The van der Waals surface area contributed by atoms with Gasteiger partial charge in [0.1, 0.15) is 23.8 Å². The van der Waals surface area contributed by atoms with E-state index in [0.717, 1.165) is 141 Å². The van der Waals surface area contributed by atoms with Crippen LogP contribution in [0.5, 0.6) is 0 Å². The van der Waals surface area contributed by atoms with Crippen LogP contribution in [0.15, 0.2) is 0 Å². The van der Waals surface area contributed by atoms with Crippen LogP contribution in [0.4, 0.5) is 4.79 Å². The van der Waals surface area contributed by atoms with Crippen LogP contribution >= 0.6 is 15.6 Å². The van der Waals surface area contributed by atoms with Crippen molar-refractivity contribution in [2.75, 3.05) is 65.9 Å². The first-order valence-electron chi connectivity index (χ1n) is 41.7. The van der Waals surface area contributed by atoms with Crippen molar-refractivity contribution in [2.24, 2.45) is 0 Å². The molecule has 0 aromatic rings. The van der Waals surface area contributed by atoms with Gasteiger partial charge in [-0.3, -0.25) is 42.1 Å². The number of Topliss-reactive ketones (excluding diaryl/α,β-unsaturated/α-hetero) is 2. The molecule has 0 heterocycles. The number of ketones is 2. The molecule has 112 heavy (non-hydrogen) atoms. The summed E-state index contributed by atoms with van der Waals surface area (Å²) in [6.45, 7) is 9.47. The number of phosphoric ester groups is 2. The van der Waals surface area contributed by atoms with Crippen LogP contribution in [0.1, 0.15) is 354 Å². The van der Waals surface area contributed by atoms with Crippen molar-refractivity contribution in [1.29, 1.82) is 0 Å². The first kappa shape index (κ1) is 112. The van der Waals surface area contributed by atoms with E-state index in [0.29, 0.717) is 38.5 Å². The predicted molar refractivity (Wildman–Crippen MR) is 457 cm³/mol. The molecule has 27 heteroatoms. The minimum Gasteiger partial charge on any atom is -1.00 e. The summed E-state index contributed by atoms with van der Waals surface area (Å²) in [6.07, 6.45) is 40.3. The third-order valence-electron chi connectivity index (χ3n) is 17.7. The molecule has 4 amide bonds. The maximum atomic E-state index is 13.3. The molecular weight excluding hydrogens is 1490 g/mol. The van der Waals surface area contributed by atoms with Crippen molar-refractivity contribution in [3.05, 3.63) is 0 Å². The Morgan fingerprint density at radius 1 is 0.375 bits per heavy atom. The number of amides is 4. The normalized spacial score (nSPS) is 12.6. The molecule has 648 valence electrons. The zero-order valence-corrected chi connectivity index (χ0v) is 75.9. The molecule has 2 unspecified atom stereocenters. The number of hydrogen-bond donors (Lipinski definition) is 6. The number of unbranched alkanes of at least 4 members (excludes halogenated alkanes) is 32. The van der Waals surface area contributed by atoms with E-state index in [-0.39, 0.29) is 159 Å². The summed E-state index contributed by atoms with van der Waals surface area (Å²) in [6, 6.07) is -2.84. The Hall–Kier alpha value is -4.01. The van der Waals surface area contributed by atoms with E-state index in [4.69, 9.17) is 37.0 Å². The Morgan fingerprint density at radius 2 is 0.688 bits per heavy atom. The third-order valence-corrected chi connectivity index (χ3v) is 19.7. The third kappa shape index (κ3) is 78.5. The smallest absolute Gasteiger partial charge is 1.00 e. The minimum atomic E-state index is -4.85. The van der Waals surface area contributed by atoms with E-state index < -0.39 is 96.9 Å². The number of hydrogen-bond acceptors (Lipinski definition) is 17. The maximum Gasteiger partial charge on any atom is 1.00 e. The summed E-state index contributed by atoms with van der Waals surface area (Å²) in [5, 5.41) is 10.2. The molecule has 23 nitrogen and oxygen atoms in total. The van der Waals surface area contributed by atoms with Crippen LogP contribution < -0.4 is 80.4 Å². The average molecular weight is 1650 g/mol. The number of urea groups is 1. The quantitative estimate of drug-likeness (QED) is 0.00627. The summed E-state index contributed by atoms with van der Waals surface area (Å²) in [7, 11) is -9.66. The second-order valence-electron chi connectivity index (χ2n) is 28.0. The van der Waals surface area contributed by atoms with Gasteiger partial charge in [0.05, 0.1) is 77.8 Å². The molecule has 6 atom stereocenters. The Kier molecular flexibility index (Phi) is 82.2. The Bertz CT molecular complexity index is 3040. The maximum absolute atomic E-state index is 13.3. The predicted octanol–water partition coefficient (Wildman–Crippen LogP) is 13.3. The molecule has 0 aliphatic heterocycles. The van der Waals surface area contributed by atoms with Gasteiger partial charge >= 0.3 is 92.7 Å². The number of carbonyl (C=O) groups is 7. The van der Waals surface area contributed by atoms with E-state index >= 15 is 0 Å². The fourth-order valence-corrected chi connectivity index (χ4v) is 13.1. The SMILES string of the molecule is CC#CC#CC#CC#CC#CC#CC(=O)O[C@H](CCCCCCC)CCOC[C@H](COP(=O)(O)OCCNC(=O)NCCOP(=O)(O)OC[C@@H](COCC[C@@H](CCCCCCC)OC(=O)CCCCCCCCCCC)NC(=O)CC(=O)CCCCCCCCCCC)NC(=O)CC(=O)CCCCCCCCCCC.[H-].[H-].[HH].[HH].[HH].[HH].[HH].[HH].[HH].[HH].[HH].[HH].[Na+].[Na+]. The molecule has 0 aliphatic rings. The monoisotopic (exact) mass is 1650 g/mol. The van der Waals surface area contributed by atoms with Gasteiger partial charge in [0, 0.05) is 65.4 Å². The minimum absolute atomic E-state index is 0. The molecule has 0 aromatic heterocycles. The zero-order chi connectivity index (χ0) is 80.9. The number of nitrogens with one attached hydrogen (secondary N) is 4. The van der Waals surface area contributed by atoms with Crippen molar-refractivity contribution in [3.63, 3.8) is 0 Å². The summed E-state index contributed by atoms with van der Waals surface area (Å²) >= 11 is 0. The van der Waals surface area contributed by atoms with E-state index in [1.807, 2.05) is 0 Å². The molecule has 0 radical (unpaired) electrons. The Balaban J connectivity index is -0.000000653. The van der Waals surface area contributed by atoms with Crippen LogP contribution in [-0.4, -0.2) is 141 Å². The topological polar surface area (TPSA) is 316 Å². The molecule has 0 spiro atoms. The van der Waals surface area contributed by atoms with Crippen LogP contribution in [0.25, 0.3) is 0 Å². The van der Waals surface area contributed by atoms with Gasteiger partial charge in [0.25, 0.3) is 0 Å². The molecule has 0 aromatic carbocycles. The average Bonchev–Trinajstić information content (AvgIpc) is 0.917. The van der Waals surface area contributed by atoms with Gasteiger partial charge in [-0.25, -0.2) is 18.7 Å². The molecule has 0 saturated heterocycles. The Labute approximate surface area is 737 Å². The standard InChI is InChI=1S/C85H140N4O19P2.2Na.10H2.2H/c1-7-13-19-25-29-33-34-38-42-48-54-60-84(95)108-80(58-52-44-24-18-12-6)62-66-102-72-76(89-82(93)70-78(91)56-50-46-40-36-31-27-21-15-9-3)74-106-110(99,100)104-68-64-87-85(96)86-63-67-103-109(97,98)105-73-75(88-81(92)69-77(90)55-49-45-39-35-30-26-20-14-8-2)71-101-65-61-79(57-51-43-23-17-11-5)107-83(94)59-53-47-41-37-32-28-22-16-10-4;;;;;;;;;;;;;;/h75-76,79-80H,8-12,14-18,20-24,26-28,30-32,35-37,39-41,43-47,49-53,55-59,61-74H2,1-6H3,(H,88,92)(H,89,93)(H,97,98)(H,99,100)(H2,86,87,96);;;10*1H;;/q;2*+1;;;;;;;;;;;2*-1/t75-,76-,79-,80-;;;;;;;;;;;;;;/m1............../s1. The van der Waals surface area contributed by atoms with Gasteiger partial charge in [-0.1, -0.05) is 246 Å². The van der Waals surface area contributed by atoms with Crippen molar-refractivity contribution in [3.8, 4) is 71.0 Å². The van der Waals surface area contributed by atoms with E-state index in [1.165, 1.54) is 83.5 Å². The van der Waals surface area contributed by atoms with Crippen LogP contribution in [0.2, 0.25) is 0 Å². The van der Waals surface area contributed by atoms with Gasteiger partial charge in [0.2, 0.25) is 11.8 Å². The first-order valence-corrected chi connectivity index (χ1v) is 44.7. The summed E-state index contributed by atoms with van der Waals surface area (Å²) in [4.78, 5) is 112. The number of phosphoric acid groups is 2. The molecular formula is C85H162N4Na2O19P2. The number of rotatable bonds is 74. The van der Waals surface area contributed by atoms with E-state index in [2.05, 4.69) is 127 Å². The van der Waals surface area contributed by atoms with Gasteiger partial charge in [0.15, 0.2) is 0 Å². The molecule has 0 fully saturated rings. The van der Waals surface area contributed by atoms with Gasteiger partial charge in [-0.2, -0.15) is 0 Å². The summed E-state index contributed by atoms with van der Waals surface area (Å²) < 4.78 is 70.7. The van der Waals surface area contributed by atoms with Crippen molar-refractivity contribution in [1.82, 2.24) is 21.3 Å². The fourth-order valence-electron chi connectivity index (χ4n) is 11.5.